The van der Waals surface area contributed by atoms with E-state index in [2.05, 4.69) is 40.4 Å². The molecule has 1 aromatic carbocycles. The predicted octanol–water partition coefficient (Wildman–Crippen LogP) is 2.69. The Morgan fingerprint density at radius 2 is 2.18 bits per heavy atom. The quantitative estimate of drug-likeness (QED) is 0.800. The lowest BCUT2D eigenvalue weighted by Crippen LogP contribution is -2.31. The van der Waals surface area contributed by atoms with Gasteiger partial charge in [-0.1, -0.05) is 29.8 Å². The number of benzene rings is 1. The van der Waals surface area contributed by atoms with Gasteiger partial charge in [-0.05, 0) is 29.7 Å². The van der Waals surface area contributed by atoms with E-state index in [1.165, 1.54) is 0 Å². The van der Waals surface area contributed by atoms with Crippen LogP contribution in [-0.4, -0.2) is 24.3 Å². The number of carbonyl (C=O) groups is 1. The summed E-state index contributed by atoms with van der Waals surface area (Å²) in [5, 5.41) is 13.9. The highest BCUT2D eigenvalue weighted by Gasteiger charge is 2.09. The fraction of sp³-hybridized carbons (Fsp3) is 0.417. The summed E-state index contributed by atoms with van der Waals surface area (Å²) in [5.74, 6) is 0.320. The molecule has 0 spiro atoms. The monoisotopic (exact) mass is 300 g/mol. The summed E-state index contributed by atoms with van der Waals surface area (Å²) >= 11 is 3.41. The van der Waals surface area contributed by atoms with Crippen molar-refractivity contribution in [2.45, 2.75) is 19.8 Å². The Balaban J connectivity index is 2.79. The molecule has 0 aliphatic carbocycles. The molecule has 0 aliphatic heterocycles. The third kappa shape index (κ3) is 4.36. The Kier molecular flexibility index (Phi) is 5.44. The maximum Gasteiger partial charge on any atom is 0.319 e. The van der Waals surface area contributed by atoms with Gasteiger partial charge in [0, 0.05) is 16.7 Å². The van der Waals surface area contributed by atoms with Crippen LogP contribution in [0.3, 0.4) is 0 Å². The number of halogens is 1. The van der Waals surface area contributed by atoms with Gasteiger partial charge in [-0.15, -0.1) is 0 Å². The Bertz CT molecular complexity index is 394. The number of rotatable bonds is 4. The van der Waals surface area contributed by atoms with Crippen LogP contribution in [0.4, 0.5) is 10.5 Å². The number of carbonyl (C=O) groups excluding carboxylic acids is 1. The lowest BCUT2D eigenvalue weighted by Gasteiger charge is -2.14. The summed E-state index contributed by atoms with van der Waals surface area (Å²) in [7, 11) is 0. The second-order valence-electron chi connectivity index (χ2n) is 3.99. The highest BCUT2D eigenvalue weighted by atomic mass is 79.9. The first-order chi connectivity index (χ1) is 8.04. The maximum absolute atomic E-state index is 11.5. The molecule has 0 saturated carbocycles. The van der Waals surface area contributed by atoms with E-state index in [4.69, 9.17) is 5.11 Å². The summed E-state index contributed by atoms with van der Waals surface area (Å²) in [6, 6.07) is 5.43. The van der Waals surface area contributed by atoms with Gasteiger partial charge in [-0.2, -0.15) is 0 Å². The minimum absolute atomic E-state index is 0.0647. The molecule has 0 aliphatic rings. The lowest BCUT2D eigenvalue weighted by atomic mass is 10.0. The van der Waals surface area contributed by atoms with Gasteiger partial charge in [-0.25, -0.2) is 4.79 Å². The van der Waals surface area contributed by atoms with Crippen LogP contribution in [-0.2, 0) is 0 Å². The van der Waals surface area contributed by atoms with E-state index in [9.17, 15) is 4.79 Å². The maximum atomic E-state index is 11.5. The number of hydrogen-bond acceptors (Lipinski definition) is 2. The smallest absolute Gasteiger partial charge is 0.319 e. The first-order valence-electron chi connectivity index (χ1n) is 5.49. The molecule has 0 saturated heterocycles. The van der Waals surface area contributed by atoms with Gasteiger partial charge in [0.05, 0.1) is 6.61 Å². The second kappa shape index (κ2) is 6.61. The van der Waals surface area contributed by atoms with E-state index in [-0.39, 0.29) is 19.2 Å². The number of aliphatic hydroxyl groups excluding tert-OH is 1. The van der Waals surface area contributed by atoms with Crippen LogP contribution in [0.2, 0.25) is 0 Å². The molecular formula is C12H17BrN2O2. The number of nitrogens with one attached hydrogen (secondary N) is 2. The molecular weight excluding hydrogens is 284 g/mol. The first-order valence-corrected chi connectivity index (χ1v) is 6.29. The van der Waals surface area contributed by atoms with E-state index < -0.39 is 0 Å². The van der Waals surface area contributed by atoms with E-state index in [1.54, 1.807) is 0 Å². The third-order valence-electron chi connectivity index (χ3n) is 2.28. The lowest BCUT2D eigenvalue weighted by molar-refractivity contribution is 0.245. The van der Waals surface area contributed by atoms with Gasteiger partial charge in [0.1, 0.15) is 0 Å². The largest absolute Gasteiger partial charge is 0.395 e. The van der Waals surface area contributed by atoms with Crippen molar-refractivity contribution in [1.82, 2.24) is 5.32 Å². The van der Waals surface area contributed by atoms with E-state index >= 15 is 0 Å². The van der Waals surface area contributed by atoms with Gasteiger partial charge in [-0.3, -0.25) is 0 Å². The fourth-order valence-corrected chi connectivity index (χ4v) is 1.84. The zero-order valence-corrected chi connectivity index (χ0v) is 11.5. The molecule has 0 aromatic heterocycles. The van der Waals surface area contributed by atoms with Crippen molar-refractivity contribution in [3.05, 3.63) is 28.2 Å². The zero-order valence-electron chi connectivity index (χ0n) is 9.96. The molecule has 0 radical (unpaired) electrons. The minimum Gasteiger partial charge on any atom is -0.395 e. The normalized spacial score (nSPS) is 10.4. The molecule has 0 atom stereocenters. The predicted molar refractivity (Wildman–Crippen MR) is 72.3 cm³/mol. The first kappa shape index (κ1) is 14.0. The zero-order chi connectivity index (χ0) is 12.8. The van der Waals surface area contributed by atoms with Crippen LogP contribution in [0.5, 0.6) is 0 Å². The third-order valence-corrected chi connectivity index (χ3v) is 2.77. The average Bonchev–Trinajstić information content (AvgIpc) is 2.28. The van der Waals surface area contributed by atoms with E-state index in [1.807, 2.05) is 18.2 Å². The topological polar surface area (TPSA) is 61.4 Å². The Labute approximate surface area is 110 Å². The second-order valence-corrected chi connectivity index (χ2v) is 4.91. The fourth-order valence-electron chi connectivity index (χ4n) is 1.46. The highest BCUT2D eigenvalue weighted by Crippen LogP contribution is 2.27. The summed E-state index contributed by atoms with van der Waals surface area (Å²) in [5.41, 5.74) is 1.86. The highest BCUT2D eigenvalue weighted by molar-refractivity contribution is 9.10. The molecule has 4 nitrogen and oxygen atoms in total. The van der Waals surface area contributed by atoms with Gasteiger partial charge in [0.2, 0.25) is 0 Å². The standard InChI is InChI=1S/C12H17BrN2O2/c1-8(2)10-7-9(13)3-4-11(10)15-12(17)14-5-6-16/h3-4,7-8,16H,5-6H2,1-2H3,(H2,14,15,17). The summed E-state index contributed by atoms with van der Waals surface area (Å²) < 4.78 is 0.988. The van der Waals surface area contributed by atoms with E-state index in [0.717, 1.165) is 15.7 Å². The SMILES string of the molecule is CC(C)c1cc(Br)ccc1NC(=O)NCCO. The van der Waals surface area contributed by atoms with Crippen LogP contribution in [0, 0.1) is 0 Å². The van der Waals surface area contributed by atoms with Crippen molar-refractivity contribution in [3.63, 3.8) is 0 Å². The Morgan fingerprint density at radius 3 is 2.76 bits per heavy atom. The number of hydrogen-bond donors (Lipinski definition) is 3. The van der Waals surface area contributed by atoms with Crippen molar-refractivity contribution in [2.24, 2.45) is 0 Å². The molecule has 1 rings (SSSR count). The van der Waals surface area contributed by atoms with Crippen LogP contribution >= 0.6 is 15.9 Å². The molecule has 17 heavy (non-hydrogen) atoms. The minimum atomic E-state index is -0.303. The van der Waals surface area contributed by atoms with Gasteiger partial charge in [0.15, 0.2) is 0 Å². The molecule has 0 bridgehead atoms. The molecule has 5 heteroatoms. The van der Waals surface area contributed by atoms with Crippen molar-refractivity contribution in [1.29, 1.82) is 0 Å². The number of amides is 2. The Hall–Kier alpha value is -1.07. The van der Waals surface area contributed by atoms with Crippen LogP contribution in [0.1, 0.15) is 25.3 Å². The van der Waals surface area contributed by atoms with Gasteiger partial charge >= 0.3 is 6.03 Å². The van der Waals surface area contributed by atoms with Crippen LogP contribution in [0.25, 0.3) is 0 Å². The van der Waals surface area contributed by atoms with Crippen molar-refractivity contribution in [2.75, 3.05) is 18.5 Å². The van der Waals surface area contributed by atoms with Gasteiger partial charge < -0.3 is 15.7 Å². The Morgan fingerprint density at radius 1 is 1.47 bits per heavy atom. The van der Waals surface area contributed by atoms with Crippen molar-refractivity contribution in [3.8, 4) is 0 Å². The molecule has 0 unspecified atom stereocenters. The summed E-state index contributed by atoms with van der Waals surface area (Å²) in [4.78, 5) is 11.5. The van der Waals surface area contributed by atoms with Gasteiger partial charge in [0.25, 0.3) is 0 Å². The molecule has 94 valence electrons. The van der Waals surface area contributed by atoms with Crippen molar-refractivity contribution < 1.29 is 9.90 Å². The summed E-state index contributed by atoms with van der Waals surface area (Å²) in [6.45, 7) is 4.32. The summed E-state index contributed by atoms with van der Waals surface area (Å²) in [6.07, 6.45) is 0. The molecule has 3 N–H and O–H groups in total. The van der Waals surface area contributed by atoms with Crippen molar-refractivity contribution >= 4 is 27.6 Å². The number of anilines is 1. The van der Waals surface area contributed by atoms with Crippen LogP contribution < -0.4 is 10.6 Å². The van der Waals surface area contributed by atoms with Crippen LogP contribution in [0.15, 0.2) is 22.7 Å². The molecule has 0 heterocycles. The van der Waals surface area contributed by atoms with E-state index in [0.29, 0.717) is 5.92 Å². The number of urea groups is 1. The molecule has 1 aromatic rings. The average molecular weight is 301 g/mol. The molecule has 2 amide bonds. The molecule has 0 fully saturated rings. The number of aliphatic hydroxyl groups is 1.